The van der Waals surface area contributed by atoms with Gasteiger partial charge in [0, 0.05) is 26.4 Å². The van der Waals surface area contributed by atoms with Gasteiger partial charge in [0.05, 0.1) is 6.61 Å². The number of rotatable bonds is 8. The highest BCUT2D eigenvalue weighted by Crippen LogP contribution is 2.14. The van der Waals surface area contributed by atoms with Gasteiger partial charge in [-0.3, -0.25) is 0 Å². The second-order valence-electron chi connectivity index (χ2n) is 4.54. The maximum absolute atomic E-state index is 12.2. The Kier molecular flexibility index (Phi) is 5.73. The first kappa shape index (κ1) is 16.7. The van der Waals surface area contributed by atoms with Gasteiger partial charge in [-0.25, -0.2) is 17.9 Å². The third-order valence-corrected chi connectivity index (χ3v) is 4.32. The molecule has 2 N–H and O–H groups in total. The number of methoxy groups -OCH3 is 1. The Balaban J connectivity index is 2.98. The van der Waals surface area contributed by atoms with E-state index < -0.39 is 16.0 Å². The summed E-state index contributed by atoms with van der Waals surface area (Å²) in [6.45, 7) is 2.22. The molecular formula is C12H20N2O5S. The van der Waals surface area contributed by atoms with E-state index in [1.165, 1.54) is 24.9 Å². The predicted octanol–water partition coefficient (Wildman–Crippen LogP) is 0.817. The number of carboxylic acids is 1. The van der Waals surface area contributed by atoms with Crippen LogP contribution in [0.2, 0.25) is 0 Å². The van der Waals surface area contributed by atoms with Crippen LogP contribution in [-0.2, 0) is 21.8 Å². The molecule has 1 aromatic rings. The number of aryl methyl sites for hydroxylation is 1. The first-order valence-electron chi connectivity index (χ1n) is 6.22. The summed E-state index contributed by atoms with van der Waals surface area (Å²) in [7, 11) is -0.764. The van der Waals surface area contributed by atoms with Gasteiger partial charge >= 0.3 is 5.97 Å². The number of aromatic carboxylic acids is 1. The predicted molar refractivity (Wildman–Crippen MR) is 73.3 cm³/mol. The quantitative estimate of drug-likeness (QED) is 0.741. The van der Waals surface area contributed by atoms with Crippen molar-refractivity contribution in [1.82, 2.24) is 9.29 Å². The fourth-order valence-electron chi connectivity index (χ4n) is 1.91. The average molecular weight is 304 g/mol. The van der Waals surface area contributed by atoms with E-state index >= 15 is 0 Å². The molecule has 0 saturated carbocycles. The van der Waals surface area contributed by atoms with Gasteiger partial charge in [0.15, 0.2) is 0 Å². The highest BCUT2D eigenvalue weighted by Gasteiger charge is 2.23. The highest BCUT2D eigenvalue weighted by atomic mass is 32.2. The van der Waals surface area contributed by atoms with Crippen molar-refractivity contribution in [2.75, 3.05) is 13.7 Å². The molecule has 0 aliphatic rings. The molecule has 0 saturated heterocycles. The molecule has 0 aliphatic heterocycles. The van der Waals surface area contributed by atoms with Crippen molar-refractivity contribution >= 4 is 16.0 Å². The van der Waals surface area contributed by atoms with Gasteiger partial charge in [-0.2, -0.15) is 0 Å². The monoisotopic (exact) mass is 304 g/mol. The summed E-state index contributed by atoms with van der Waals surface area (Å²) in [5.41, 5.74) is -0.0795. The standard InChI is InChI=1S/C12H20N2O5S/c1-4-5-9(8-19-3)13-20(17,18)10-6-11(12(15)16)14(2)7-10/h6-7,9,13H,4-5,8H2,1-3H3,(H,15,16). The first-order valence-corrected chi connectivity index (χ1v) is 7.71. The van der Waals surface area contributed by atoms with Crippen LogP contribution in [0.25, 0.3) is 0 Å². The third-order valence-electron chi connectivity index (χ3n) is 2.84. The summed E-state index contributed by atoms with van der Waals surface area (Å²) in [5, 5.41) is 8.94. The number of hydrogen-bond acceptors (Lipinski definition) is 4. The zero-order valence-electron chi connectivity index (χ0n) is 11.8. The molecule has 7 nitrogen and oxygen atoms in total. The van der Waals surface area contributed by atoms with Crippen LogP contribution in [0, 0.1) is 0 Å². The number of aromatic nitrogens is 1. The number of nitrogens with zero attached hydrogens (tertiary/aromatic N) is 1. The molecular weight excluding hydrogens is 284 g/mol. The number of hydrogen-bond donors (Lipinski definition) is 2. The van der Waals surface area contributed by atoms with Crippen LogP contribution in [0.4, 0.5) is 0 Å². The Bertz CT molecular complexity index is 558. The van der Waals surface area contributed by atoms with Crippen LogP contribution in [0.3, 0.4) is 0 Å². The van der Waals surface area contributed by atoms with Gasteiger partial charge in [0.25, 0.3) is 0 Å². The highest BCUT2D eigenvalue weighted by molar-refractivity contribution is 7.89. The van der Waals surface area contributed by atoms with Crippen molar-refractivity contribution in [3.63, 3.8) is 0 Å². The van der Waals surface area contributed by atoms with Crippen molar-refractivity contribution in [1.29, 1.82) is 0 Å². The molecule has 1 heterocycles. The fourth-order valence-corrected chi connectivity index (χ4v) is 3.23. The van der Waals surface area contributed by atoms with Crippen molar-refractivity contribution in [2.24, 2.45) is 7.05 Å². The van der Waals surface area contributed by atoms with Crippen molar-refractivity contribution in [3.05, 3.63) is 18.0 Å². The van der Waals surface area contributed by atoms with E-state index in [0.717, 1.165) is 12.5 Å². The maximum atomic E-state index is 12.2. The molecule has 0 amide bonds. The summed E-state index contributed by atoms with van der Waals surface area (Å²) < 4.78 is 33.2. The van der Waals surface area contributed by atoms with E-state index in [-0.39, 0.29) is 23.2 Å². The van der Waals surface area contributed by atoms with E-state index in [1.54, 1.807) is 0 Å². The van der Waals surface area contributed by atoms with Crippen LogP contribution in [0.5, 0.6) is 0 Å². The van der Waals surface area contributed by atoms with Crippen LogP contribution < -0.4 is 4.72 Å². The van der Waals surface area contributed by atoms with E-state index in [1.807, 2.05) is 6.92 Å². The van der Waals surface area contributed by atoms with Crippen molar-refractivity contribution in [2.45, 2.75) is 30.7 Å². The Morgan fingerprint density at radius 1 is 1.55 bits per heavy atom. The molecule has 0 bridgehead atoms. The summed E-state index contributed by atoms with van der Waals surface area (Å²) in [5.74, 6) is -1.17. The molecule has 1 unspecified atom stereocenters. The largest absolute Gasteiger partial charge is 0.477 e. The van der Waals surface area contributed by atoms with Crippen LogP contribution in [0.15, 0.2) is 17.2 Å². The van der Waals surface area contributed by atoms with E-state index in [4.69, 9.17) is 9.84 Å². The number of carboxylic acid groups (broad SMARTS) is 1. The smallest absolute Gasteiger partial charge is 0.352 e. The molecule has 8 heteroatoms. The maximum Gasteiger partial charge on any atom is 0.352 e. The molecule has 0 fully saturated rings. The fraction of sp³-hybridized carbons (Fsp3) is 0.583. The summed E-state index contributed by atoms with van der Waals surface area (Å²) >= 11 is 0. The second-order valence-corrected chi connectivity index (χ2v) is 6.25. The topological polar surface area (TPSA) is 97.6 Å². The lowest BCUT2D eigenvalue weighted by atomic mass is 10.2. The van der Waals surface area contributed by atoms with Crippen molar-refractivity contribution < 1.29 is 23.1 Å². The first-order chi connectivity index (χ1) is 9.31. The minimum absolute atomic E-state index is 0.0605. The third kappa shape index (κ3) is 4.06. The molecule has 0 aliphatic carbocycles. The second kappa shape index (κ2) is 6.87. The zero-order valence-corrected chi connectivity index (χ0v) is 12.6. The normalized spacial score (nSPS) is 13.3. The number of ether oxygens (including phenoxy) is 1. The molecule has 1 aromatic heterocycles. The number of carbonyl (C=O) groups is 1. The van der Waals surface area contributed by atoms with E-state index in [9.17, 15) is 13.2 Å². The molecule has 0 radical (unpaired) electrons. The van der Waals surface area contributed by atoms with Gasteiger partial charge in [-0.1, -0.05) is 13.3 Å². The average Bonchev–Trinajstić information content (AvgIpc) is 2.72. The van der Waals surface area contributed by atoms with Gasteiger partial charge in [0.1, 0.15) is 10.6 Å². The molecule has 1 atom stereocenters. The van der Waals surface area contributed by atoms with Gasteiger partial charge in [0.2, 0.25) is 10.0 Å². The number of sulfonamides is 1. The number of nitrogens with one attached hydrogen (secondary N) is 1. The van der Waals surface area contributed by atoms with Gasteiger partial charge < -0.3 is 14.4 Å². The molecule has 0 aromatic carbocycles. The SMILES string of the molecule is CCCC(COC)NS(=O)(=O)c1cc(C(=O)O)n(C)c1. The minimum Gasteiger partial charge on any atom is -0.477 e. The van der Waals surface area contributed by atoms with E-state index in [2.05, 4.69) is 4.72 Å². The Labute approximate surface area is 118 Å². The minimum atomic E-state index is -3.75. The lowest BCUT2D eigenvalue weighted by Crippen LogP contribution is -2.37. The Morgan fingerprint density at radius 3 is 2.65 bits per heavy atom. The zero-order chi connectivity index (χ0) is 15.3. The molecule has 20 heavy (non-hydrogen) atoms. The van der Waals surface area contributed by atoms with Gasteiger partial charge in [-0.15, -0.1) is 0 Å². The lowest BCUT2D eigenvalue weighted by molar-refractivity contribution is 0.0686. The van der Waals surface area contributed by atoms with Crippen molar-refractivity contribution in [3.8, 4) is 0 Å². The summed E-state index contributed by atoms with van der Waals surface area (Å²) in [4.78, 5) is 10.9. The van der Waals surface area contributed by atoms with E-state index in [0.29, 0.717) is 6.42 Å². The summed E-state index contributed by atoms with van der Waals surface area (Å²) in [6.07, 6.45) is 2.74. The summed E-state index contributed by atoms with van der Waals surface area (Å²) in [6, 6.07) is 0.809. The van der Waals surface area contributed by atoms with Crippen LogP contribution in [-0.4, -0.2) is 43.8 Å². The van der Waals surface area contributed by atoms with Gasteiger partial charge in [-0.05, 0) is 12.5 Å². The lowest BCUT2D eigenvalue weighted by Gasteiger charge is -2.16. The molecule has 114 valence electrons. The Hall–Kier alpha value is -1.38. The molecule has 1 rings (SSSR count). The molecule has 0 spiro atoms. The Morgan fingerprint density at radius 2 is 2.20 bits per heavy atom. The van der Waals surface area contributed by atoms with Crippen LogP contribution >= 0.6 is 0 Å². The van der Waals surface area contributed by atoms with Crippen LogP contribution in [0.1, 0.15) is 30.3 Å².